The molecule has 0 radical (unpaired) electrons. The number of aromatic nitrogens is 1. The van der Waals surface area contributed by atoms with Crippen molar-refractivity contribution in [1.29, 1.82) is 0 Å². The van der Waals surface area contributed by atoms with E-state index >= 15 is 0 Å². The summed E-state index contributed by atoms with van der Waals surface area (Å²) in [5.41, 5.74) is 0.263. The number of rotatable bonds is 3. The monoisotopic (exact) mass is 402 g/mol. The summed E-state index contributed by atoms with van der Waals surface area (Å²) in [4.78, 5) is 33.9. The molecule has 3 heterocycles. The Morgan fingerprint density at radius 3 is 2.41 bits per heavy atom. The van der Waals surface area contributed by atoms with Gasteiger partial charge in [-0.3, -0.25) is 9.59 Å². The van der Waals surface area contributed by atoms with Crippen LogP contribution in [0.3, 0.4) is 0 Å². The minimum absolute atomic E-state index is 0.0421. The van der Waals surface area contributed by atoms with E-state index in [-0.39, 0.29) is 29.9 Å². The van der Waals surface area contributed by atoms with Crippen LogP contribution < -0.4 is 10.2 Å². The van der Waals surface area contributed by atoms with Crippen LogP contribution in [0.1, 0.15) is 47.5 Å². The van der Waals surface area contributed by atoms with E-state index in [2.05, 4.69) is 29.0 Å². The number of carbonyl (C=O) groups is 2. The van der Waals surface area contributed by atoms with E-state index in [0.717, 1.165) is 38.3 Å². The Morgan fingerprint density at radius 1 is 1.14 bits per heavy atom. The largest absolute Gasteiger partial charge is 0.372 e. The fraction of sp³-hybridized carbons (Fsp3) is 0.682. The average molecular weight is 403 g/mol. The van der Waals surface area contributed by atoms with Crippen molar-refractivity contribution in [3.8, 4) is 0 Å². The predicted octanol–water partition coefficient (Wildman–Crippen LogP) is 2.92. The highest BCUT2D eigenvalue weighted by Crippen LogP contribution is 2.25. The number of nitrogens with zero attached hydrogens (tertiary/aromatic N) is 3. The van der Waals surface area contributed by atoms with Gasteiger partial charge in [0.2, 0.25) is 11.8 Å². The molecule has 0 aliphatic carbocycles. The average Bonchev–Trinajstić information content (AvgIpc) is 2.66. The maximum atomic E-state index is 12.8. The molecule has 1 aromatic rings. The van der Waals surface area contributed by atoms with Crippen molar-refractivity contribution in [3.63, 3.8) is 0 Å². The van der Waals surface area contributed by atoms with Crippen molar-refractivity contribution in [1.82, 2.24) is 9.88 Å². The highest BCUT2D eigenvalue weighted by atomic mass is 16.5. The lowest BCUT2D eigenvalue weighted by Crippen LogP contribution is -2.47. The Hall–Kier alpha value is -2.15. The summed E-state index contributed by atoms with van der Waals surface area (Å²) in [6, 6.07) is 3.84. The second-order valence-corrected chi connectivity index (χ2v) is 9.40. The third-order valence-corrected chi connectivity index (χ3v) is 5.48. The predicted molar refractivity (Wildman–Crippen MR) is 114 cm³/mol. The summed E-state index contributed by atoms with van der Waals surface area (Å²) in [5.74, 6) is 0.773. The van der Waals surface area contributed by atoms with E-state index in [9.17, 15) is 9.59 Å². The molecule has 2 amide bonds. The van der Waals surface area contributed by atoms with Crippen LogP contribution >= 0.6 is 0 Å². The van der Waals surface area contributed by atoms with Crippen molar-refractivity contribution < 1.29 is 14.3 Å². The van der Waals surface area contributed by atoms with Gasteiger partial charge in [0.25, 0.3) is 0 Å². The number of carbonyl (C=O) groups excluding carboxylic acids is 2. The molecule has 0 saturated carbocycles. The van der Waals surface area contributed by atoms with Crippen molar-refractivity contribution in [2.24, 2.45) is 11.3 Å². The van der Waals surface area contributed by atoms with Crippen molar-refractivity contribution in [3.05, 3.63) is 18.3 Å². The molecule has 0 aromatic carbocycles. The van der Waals surface area contributed by atoms with E-state index in [4.69, 9.17) is 4.74 Å². The zero-order chi connectivity index (χ0) is 21.2. The molecule has 2 aliphatic rings. The topological polar surface area (TPSA) is 74.8 Å². The van der Waals surface area contributed by atoms with Crippen LogP contribution in [-0.4, -0.2) is 60.1 Å². The van der Waals surface area contributed by atoms with E-state index < -0.39 is 5.41 Å². The SMILES string of the molecule is C[C@@H]1CN(c2ccc(NC(=O)[C@H]3CCCN(C(=O)C(C)(C)C)C3)cn2)C[C@@H](C)O1. The second kappa shape index (κ2) is 8.69. The van der Waals surface area contributed by atoms with E-state index in [1.54, 1.807) is 6.20 Å². The molecule has 3 atom stereocenters. The molecule has 7 heteroatoms. The Balaban J connectivity index is 1.58. The zero-order valence-electron chi connectivity index (χ0n) is 18.3. The minimum Gasteiger partial charge on any atom is -0.372 e. The van der Waals surface area contributed by atoms with Gasteiger partial charge < -0.3 is 19.9 Å². The number of amides is 2. The lowest BCUT2D eigenvalue weighted by molar-refractivity contribution is -0.142. The highest BCUT2D eigenvalue weighted by Gasteiger charge is 2.33. The maximum absolute atomic E-state index is 12.8. The molecule has 2 saturated heterocycles. The van der Waals surface area contributed by atoms with Crippen molar-refractivity contribution >= 4 is 23.3 Å². The van der Waals surface area contributed by atoms with Crippen LogP contribution in [0.5, 0.6) is 0 Å². The minimum atomic E-state index is -0.424. The molecule has 0 unspecified atom stereocenters. The first-order valence-corrected chi connectivity index (χ1v) is 10.6. The molecule has 7 nitrogen and oxygen atoms in total. The lowest BCUT2D eigenvalue weighted by Gasteiger charge is -2.36. The van der Waals surface area contributed by atoms with Gasteiger partial charge >= 0.3 is 0 Å². The van der Waals surface area contributed by atoms with Gasteiger partial charge in [0.05, 0.1) is 30.0 Å². The number of piperidine rings is 1. The first-order chi connectivity index (χ1) is 13.6. The Labute approximate surface area is 173 Å². The van der Waals surface area contributed by atoms with Crippen LogP contribution in [0.25, 0.3) is 0 Å². The Kier molecular flexibility index (Phi) is 6.46. The number of nitrogens with one attached hydrogen (secondary N) is 1. The first kappa shape index (κ1) is 21.6. The van der Waals surface area contributed by atoms with Gasteiger partial charge in [0, 0.05) is 31.6 Å². The number of pyridine rings is 1. The molecule has 0 spiro atoms. The van der Waals surface area contributed by atoms with Crippen LogP contribution in [-0.2, 0) is 14.3 Å². The van der Waals surface area contributed by atoms with Gasteiger partial charge in [-0.05, 0) is 38.8 Å². The van der Waals surface area contributed by atoms with E-state index in [0.29, 0.717) is 12.2 Å². The van der Waals surface area contributed by atoms with E-state index in [1.165, 1.54) is 0 Å². The molecule has 1 N–H and O–H groups in total. The number of hydrogen-bond acceptors (Lipinski definition) is 5. The van der Waals surface area contributed by atoms with Gasteiger partial charge in [0.1, 0.15) is 5.82 Å². The maximum Gasteiger partial charge on any atom is 0.229 e. The van der Waals surface area contributed by atoms with Crippen LogP contribution in [0.4, 0.5) is 11.5 Å². The summed E-state index contributed by atoms with van der Waals surface area (Å²) in [6.45, 7) is 12.7. The van der Waals surface area contributed by atoms with Crippen LogP contribution in [0.15, 0.2) is 18.3 Å². The van der Waals surface area contributed by atoms with Crippen LogP contribution in [0, 0.1) is 11.3 Å². The molecule has 160 valence electrons. The van der Waals surface area contributed by atoms with Gasteiger partial charge in [-0.25, -0.2) is 4.98 Å². The zero-order valence-corrected chi connectivity index (χ0v) is 18.3. The number of ether oxygens (including phenoxy) is 1. The van der Waals surface area contributed by atoms with Crippen LogP contribution in [0.2, 0.25) is 0 Å². The molecule has 0 bridgehead atoms. The molecular formula is C22H34N4O3. The Bertz CT molecular complexity index is 719. The molecule has 29 heavy (non-hydrogen) atoms. The standard InChI is InChI=1S/C22H34N4O3/c1-15-12-26(13-16(2)29-15)19-9-8-18(11-23-19)24-20(27)17-7-6-10-25(14-17)21(28)22(3,4)5/h8-9,11,15-17H,6-7,10,12-14H2,1-5H3,(H,24,27)/t15-,16-,17+/m1/s1. The van der Waals surface area contributed by atoms with Crippen molar-refractivity contribution in [2.75, 3.05) is 36.4 Å². The number of anilines is 2. The fourth-order valence-corrected chi connectivity index (χ4v) is 4.11. The summed E-state index contributed by atoms with van der Waals surface area (Å²) in [7, 11) is 0. The highest BCUT2D eigenvalue weighted by molar-refractivity contribution is 5.93. The number of hydrogen-bond donors (Lipinski definition) is 1. The summed E-state index contributed by atoms with van der Waals surface area (Å²) >= 11 is 0. The Morgan fingerprint density at radius 2 is 1.83 bits per heavy atom. The molecule has 2 fully saturated rings. The van der Waals surface area contributed by atoms with Gasteiger partial charge in [-0.1, -0.05) is 20.8 Å². The van der Waals surface area contributed by atoms with Crippen molar-refractivity contribution in [2.45, 2.75) is 59.7 Å². The normalized spacial score (nSPS) is 25.6. The first-order valence-electron chi connectivity index (χ1n) is 10.6. The van der Waals surface area contributed by atoms with Gasteiger partial charge in [-0.2, -0.15) is 0 Å². The quantitative estimate of drug-likeness (QED) is 0.841. The van der Waals surface area contributed by atoms with E-state index in [1.807, 2.05) is 37.8 Å². The summed E-state index contributed by atoms with van der Waals surface area (Å²) in [6.07, 6.45) is 3.70. The smallest absolute Gasteiger partial charge is 0.229 e. The molecule has 2 aliphatic heterocycles. The molecule has 1 aromatic heterocycles. The van der Waals surface area contributed by atoms with Gasteiger partial charge in [-0.15, -0.1) is 0 Å². The molecule has 3 rings (SSSR count). The third-order valence-electron chi connectivity index (χ3n) is 5.48. The number of likely N-dealkylation sites (tertiary alicyclic amines) is 1. The van der Waals surface area contributed by atoms with Gasteiger partial charge in [0.15, 0.2) is 0 Å². The summed E-state index contributed by atoms with van der Waals surface area (Å²) < 4.78 is 5.77. The fourth-order valence-electron chi connectivity index (χ4n) is 4.11. The second-order valence-electron chi connectivity index (χ2n) is 9.40. The third kappa shape index (κ3) is 5.47. The summed E-state index contributed by atoms with van der Waals surface area (Å²) in [5, 5.41) is 2.97. The number of morpholine rings is 1. The lowest BCUT2D eigenvalue weighted by atomic mass is 9.91. The molecular weight excluding hydrogens is 368 g/mol.